The van der Waals surface area contributed by atoms with Gasteiger partial charge in [0.2, 0.25) is 5.75 Å². The molecule has 0 radical (unpaired) electrons. The molecule has 0 saturated carbocycles. The van der Waals surface area contributed by atoms with Gasteiger partial charge in [0.05, 0.1) is 21.3 Å². The topological polar surface area (TPSA) is 85.9 Å². The van der Waals surface area contributed by atoms with Crippen LogP contribution < -0.4 is 24.8 Å². The van der Waals surface area contributed by atoms with Crippen LogP contribution in [-0.2, 0) is 9.59 Å². The third-order valence-corrected chi connectivity index (χ3v) is 7.47. The van der Waals surface area contributed by atoms with Crippen LogP contribution in [0, 0.1) is 5.82 Å². The van der Waals surface area contributed by atoms with Crippen molar-refractivity contribution in [3.05, 3.63) is 106 Å². The van der Waals surface area contributed by atoms with E-state index < -0.39 is 17.6 Å². The summed E-state index contributed by atoms with van der Waals surface area (Å²) in [6.45, 7) is 1.82. The number of benzene rings is 3. The lowest BCUT2D eigenvalue weighted by Gasteiger charge is -2.37. The summed E-state index contributed by atoms with van der Waals surface area (Å²) in [6.07, 6.45) is 0.938. The third-order valence-electron chi connectivity index (χ3n) is 7.47. The van der Waals surface area contributed by atoms with Gasteiger partial charge >= 0.3 is 0 Å². The first-order valence-corrected chi connectivity index (χ1v) is 13.0. The van der Waals surface area contributed by atoms with Gasteiger partial charge in [-0.2, -0.15) is 0 Å². The highest BCUT2D eigenvalue weighted by molar-refractivity contribution is 6.10. The lowest BCUT2D eigenvalue weighted by atomic mass is 9.71. The van der Waals surface area contributed by atoms with Crippen LogP contribution in [0.5, 0.6) is 17.2 Å². The Hall–Kier alpha value is -4.59. The number of hydrogen-bond acceptors (Lipinski definition) is 6. The van der Waals surface area contributed by atoms with Crippen molar-refractivity contribution in [1.29, 1.82) is 0 Å². The van der Waals surface area contributed by atoms with Gasteiger partial charge in [-0.25, -0.2) is 4.39 Å². The van der Waals surface area contributed by atoms with Gasteiger partial charge in [-0.15, -0.1) is 0 Å². The minimum absolute atomic E-state index is 0.0166. The van der Waals surface area contributed by atoms with Gasteiger partial charge in [0.25, 0.3) is 5.91 Å². The van der Waals surface area contributed by atoms with Gasteiger partial charge in [-0.3, -0.25) is 9.59 Å². The zero-order valence-corrected chi connectivity index (χ0v) is 22.8. The highest BCUT2D eigenvalue weighted by atomic mass is 19.1. The average molecular weight is 543 g/mol. The van der Waals surface area contributed by atoms with Crippen LogP contribution in [0.15, 0.2) is 89.3 Å². The molecule has 1 heterocycles. The van der Waals surface area contributed by atoms with Crippen LogP contribution in [-0.4, -0.2) is 33.0 Å². The fourth-order valence-corrected chi connectivity index (χ4v) is 5.63. The third kappa shape index (κ3) is 5.04. The van der Waals surface area contributed by atoms with E-state index in [-0.39, 0.29) is 11.7 Å². The predicted octanol–water partition coefficient (Wildman–Crippen LogP) is 5.85. The lowest BCUT2D eigenvalue weighted by molar-refractivity contribution is -0.116. The number of methoxy groups -OCH3 is 3. The molecule has 1 amide bonds. The Morgan fingerprint density at radius 1 is 0.900 bits per heavy atom. The molecular weight excluding hydrogens is 511 g/mol. The molecule has 0 unspecified atom stereocenters. The minimum atomic E-state index is -0.699. The largest absolute Gasteiger partial charge is 0.493 e. The predicted molar refractivity (Wildman–Crippen MR) is 150 cm³/mol. The number of carbonyl (C=O) groups excluding carboxylic acids is 2. The number of dihydropyridines is 1. The summed E-state index contributed by atoms with van der Waals surface area (Å²) in [5.41, 5.74) is 4.52. The molecule has 1 aliphatic carbocycles. The number of rotatable bonds is 7. The van der Waals surface area contributed by atoms with Crippen molar-refractivity contribution in [2.24, 2.45) is 0 Å². The molecule has 0 aromatic heterocycles. The second-order valence-electron chi connectivity index (χ2n) is 9.85. The SMILES string of the molecule is COc1cc([C@@H]2C(C(=O)Nc3ccc(F)cc3)=C(C)NC3=C2C(=O)C[C@@H](c2ccccc2)C3)cc(OC)c1OC. The number of amides is 1. The Morgan fingerprint density at radius 2 is 1.55 bits per heavy atom. The van der Waals surface area contributed by atoms with Crippen molar-refractivity contribution in [2.45, 2.75) is 31.6 Å². The molecule has 7 nitrogen and oxygen atoms in total. The second kappa shape index (κ2) is 11.3. The first-order chi connectivity index (χ1) is 19.3. The van der Waals surface area contributed by atoms with Crippen LogP contribution in [0.2, 0.25) is 0 Å². The van der Waals surface area contributed by atoms with Crippen LogP contribution in [0.4, 0.5) is 10.1 Å². The van der Waals surface area contributed by atoms with Gasteiger partial charge in [0.1, 0.15) is 5.82 Å². The van der Waals surface area contributed by atoms with Crippen LogP contribution >= 0.6 is 0 Å². The number of anilines is 1. The van der Waals surface area contributed by atoms with Crippen molar-refractivity contribution in [3.8, 4) is 17.2 Å². The molecule has 0 fully saturated rings. The van der Waals surface area contributed by atoms with Crippen LogP contribution in [0.1, 0.15) is 42.7 Å². The van der Waals surface area contributed by atoms with E-state index in [1.807, 2.05) is 37.3 Å². The Bertz CT molecular complexity index is 1490. The highest BCUT2D eigenvalue weighted by Crippen LogP contribution is 2.49. The van der Waals surface area contributed by atoms with Crippen molar-refractivity contribution >= 4 is 17.4 Å². The van der Waals surface area contributed by atoms with E-state index in [4.69, 9.17) is 14.2 Å². The Morgan fingerprint density at radius 3 is 2.15 bits per heavy atom. The number of allylic oxidation sites excluding steroid dienone is 3. The van der Waals surface area contributed by atoms with E-state index in [9.17, 15) is 14.0 Å². The van der Waals surface area contributed by atoms with E-state index in [0.717, 1.165) is 11.3 Å². The molecular formula is C32H31FN2O5. The lowest BCUT2D eigenvalue weighted by Crippen LogP contribution is -2.37. The summed E-state index contributed by atoms with van der Waals surface area (Å²) in [7, 11) is 4.56. The van der Waals surface area contributed by atoms with Gasteiger partial charge in [0.15, 0.2) is 17.3 Å². The molecule has 40 heavy (non-hydrogen) atoms. The molecule has 1 aliphatic heterocycles. The van der Waals surface area contributed by atoms with Gasteiger partial charge in [-0.05, 0) is 66.8 Å². The molecule has 0 saturated heterocycles. The van der Waals surface area contributed by atoms with Crippen molar-refractivity contribution < 1.29 is 28.2 Å². The Labute approximate surface area is 232 Å². The number of carbonyl (C=O) groups is 2. The zero-order chi connectivity index (χ0) is 28.4. The molecule has 3 aromatic carbocycles. The molecule has 206 valence electrons. The molecule has 2 aliphatic rings. The first-order valence-electron chi connectivity index (χ1n) is 13.0. The Balaban J connectivity index is 1.64. The second-order valence-corrected chi connectivity index (χ2v) is 9.85. The van der Waals surface area contributed by atoms with Gasteiger partial charge in [-0.1, -0.05) is 30.3 Å². The standard InChI is InChI=1S/C32H31FN2O5/c1-18-28(32(37)35-23-12-10-22(33)11-13-23)29(21-16-26(38-2)31(40-4)27(17-21)39-3)30-24(34-18)14-20(15-25(30)36)19-8-6-5-7-9-19/h5-13,16-17,20,29,34H,14-15H2,1-4H3,(H,35,37)/t20-,29+/m0/s1. The molecule has 0 bridgehead atoms. The summed E-state index contributed by atoms with van der Waals surface area (Å²) < 4.78 is 30.2. The van der Waals surface area contributed by atoms with Crippen molar-refractivity contribution in [1.82, 2.24) is 5.32 Å². The maximum atomic E-state index is 13.9. The molecule has 0 spiro atoms. The molecule has 2 atom stereocenters. The van der Waals surface area contributed by atoms with E-state index in [1.165, 1.54) is 45.6 Å². The maximum absolute atomic E-state index is 13.9. The quantitative estimate of drug-likeness (QED) is 0.390. The monoisotopic (exact) mass is 542 g/mol. The number of ether oxygens (including phenoxy) is 3. The van der Waals surface area contributed by atoms with E-state index >= 15 is 0 Å². The number of halogens is 1. The molecule has 3 aromatic rings. The highest BCUT2D eigenvalue weighted by Gasteiger charge is 2.41. The van der Waals surface area contributed by atoms with Crippen LogP contribution in [0.25, 0.3) is 0 Å². The van der Waals surface area contributed by atoms with E-state index in [0.29, 0.717) is 58.2 Å². The minimum Gasteiger partial charge on any atom is -0.493 e. The number of Topliss-reactive ketones (excluding diaryl/α,β-unsaturated/α-hetero) is 1. The van der Waals surface area contributed by atoms with Crippen LogP contribution in [0.3, 0.4) is 0 Å². The number of ketones is 1. The van der Waals surface area contributed by atoms with Gasteiger partial charge in [0, 0.05) is 40.6 Å². The summed E-state index contributed by atoms with van der Waals surface area (Å²) >= 11 is 0. The maximum Gasteiger partial charge on any atom is 0.254 e. The van der Waals surface area contributed by atoms with Crippen molar-refractivity contribution in [3.63, 3.8) is 0 Å². The summed E-state index contributed by atoms with van der Waals surface area (Å²) in [4.78, 5) is 27.7. The van der Waals surface area contributed by atoms with Crippen molar-refractivity contribution in [2.75, 3.05) is 26.6 Å². The molecule has 5 rings (SSSR count). The smallest absolute Gasteiger partial charge is 0.254 e. The fourth-order valence-electron chi connectivity index (χ4n) is 5.63. The average Bonchev–Trinajstić information content (AvgIpc) is 2.97. The molecule has 2 N–H and O–H groups in total. The Kier molecular flexibility index (Phi) is 7.60. The summed E-state index contributed by atoms with van der Waals surface area (Å²) in [6, 6.07) is 19.1. The molecule has 8 heteroatoms. The fraction of sp³-hybridized carbons (Fsp3) is 0.250. The summed E-state index contributed by atoms with van der Waals surface area (Å²) in [5, 5.41) is 6.25. The number of nitrogens with one attached hydrogen (secondary N) is 2. The van der Waals surface area contributed by atoms with Gasteiger partial charge < -0.3 is 24.8 Å². The zero-order valence-electron chi connectivity index (χ0n) is 22.8. The number of hydrogen-bond donors (Lipinski definition) is 2. The van der Waals surface area contributed by atoms with E-state index in [1.54, 1.807) is 12.1 Å². The summed E-state index contributed by atoms with van der Waals surface area (Å²) in [5.74, 6) is -0.288. The first kappa shape index (κ1) is 27.0. The van der Waals surface area contributed by atoms with E-state index in [2.05, 4.69) is 10.6 Å². The normalized spacial score (nSPS) is 18.6.